The number of carbonyl (C=O) groups is 1. The summed E-state index contributed by atoms with van der Waals surface area (Å²) in [4.78, 5) is 15.9. The highest BCUT2D eigenvalue weighted by atomic mass is 32.1. The number of hydrogen-bond donors (Lipinski definition) is 0. The van der Waals surface area contributed by atoms with E-state index in [1.54, 1.807) is 0 Å². The number of aromatic nitrogens is 1. The number of alkyl halides is 5. The van der Waals surface area contributed by atoms with Crippen LogP contribution in [0.4, 0.5) is 37.7 Å². The summed E-state index contributed by atoms with van der Waals surface area (Å²) in [7, 11) is 1.09. The zero-order chi connectivity index (χ0) is 20.9. The summed E-state index contributed by atoms with van der Waals surface area (Å²) < 4.78 is 85.2. The first kappa shape index (κ1) is 19.8. The van der Waals surface area contributed by atoms with Crippen molar-refractivity contribution in [2.24, 2.45) is 12.0 Å². The molecule has 0 N–H and O–H groups in total. The molecule has 0 saturated heterocycles. The molecular weight excluding hydrogens is 412 g/mol. The Balaban J connectivity index is 2.16. The number of amides is 1. The third-order valence-corrected chi connectivity index (χ3v) is 4.65. The average Bonchev–Trinajstić information content (AvgIpc) is 2.94. The molecule has 148 valence electrons. The predicted octanol–water partition coefficient (Wildman–Crippen LogP) is 3.43. The zero-order valence-corrected chi connectivity index (χ0v) is 14.7. The maximum Gasteiger partial charge on any atom is 0.483 e. The molecule has 2 heterocycles. The van der Waals surface area contributed by atoms with E-state index in [-0.39, 0.29) is 10.5 Å². The fourth-order valence-corrected chi connectivity index (χ4v) is 3.35. The molecule has 0 aliphatic carbocycles. The monoisotopic (exact) mass is 421 g/mol. The maximum absolute atomic E-state index is 14.3. The number of ether oxygens (including phenoxy) is 1. The molecular formula is C16H9F6N3O2S. The van der Waals surface area contributed by atoms with E-state index in [2.05, 4.69) is 9.73 Å². The first-order valence-corrected chi connectivity index (χ1v) is 8.26. The van der Waals surface area contributed by atoms with Gasteiger partial charge in [-0.15, -0.1) is 17.8 Å². The standard InChI is InChI=1S/C16H9F6N3O2S/c1-3-4-25-10-6-9(8(17)5-11(10)27-16(21,22)13(25)26)23-14-24(2)12(7-28-14)15(18,19)20/h1,5-7H,4H2,2H3. The lowest BCUT2D eigenvalue weighted by atomic mass is 10.2. The zero-order valence-electron chi connectivity index (χ0n) is 13.9. The van der Waals surface area contributed by atoms with E-state index in [0.717, 1.165) is 18.5 Å². The highest BCUT2D eigenvalue weighted by molar-refractivity contribution is 7.07. The number of fused-ring (bicyclic) bond motifs is 1. The van der Waals surface area contributed by atoms with Gasteiger partial charge in [0.25, 0.3) is 0 Å². The first-order chi connectivity index (χ1) is 13.0. The second kappa shape index (κ2) is 6.59. The van der Waals surface area contributed by atoms with Gasteiger partial charge < -0.3 is 9.30 Å². The Labute approximate surface area is 157 Å². The summed E-state index contributed by atoms with van der Waals surface area (Å²) in [6.45, 7) is -0.555. The normalized spacial score (nSPS) is 16.6. The van der Waals surface area contributed by atoms with Crippen LogP contribution in [0.1, 0.15) is 5.69 Å². The minimum atomic E-state index is -4.64. The van der Waals surface area contributed by atoms with Crippen LogP contribution < -0.4 is 14.4 Å². The van der Waals surface area contributed by atoms with Crippen molar-refractivity contribution in [3.8, 4) is 18.1 Å². The molecule has 5 nitrogen and oxygen atoms in total. The minimum absolute atomic E-state index is 0.206. The van der Waals surface area contributed by atoms with Crippen LogP contribution in [0.25, 0.3) is 0 Å². The second-order valence-electron chi connectivity index (χ2n) is 5.56. The largest absolute Gasteiger partial charge is 0.483 e. The van der Waals surface area contributed by atoms with Crippen molar-refractivity contribution in [1.82, 2.24) is 4.57 Å². The Morgan fingerprint density at radius 1 is 1.36 bits per heavy atom. The van der Waals surface area contributed by atoms with Crippen LogP contribution in [0.15, 0.2) is 22.5 Å². The summed E-state index contributed by atoms with van der Waals surface area (Å²) in [5, 5.41) is 0.799. The lowest BCUT2D eigenvalue weighted by Gasteiger charge is -2.32. The van der Waals surface area contributed by atoms with Crippen molar-refractivity contribution in [2.75, 3.05) is 11.4 Å². The van der Waals surface area contributed by atoms with Crippen LogP contribution in [0, 0.1) is 18.2 Å². The van der Waals surface area contributed by atoms with Gasteiger partial charge in [0.2, 0.25) is 0 Å². The lowest BCUT2D eigenvalue weighted by Crippen LogP contribution is -2.50. The van der Waals surface area contributed by atoms with Crippen molar-refractivity contribution < 1.29 is 35.9 Å². The number of terminal acetylenes is 1. The van der Waals surface area contributed by atoms with E-state index in [9.17, 15) is 31.1 Å². The fraction of sp³-hybridized carbons (Fsp3) is 0.250. The number of benzene rings is 1. The highest BCUT2D eigenvalue weighted by Gasteiger charge is 2.50. The van der Waals surface area contributed by atoms with Gasteiger partial charge >= 0.3 is 18.2 Å². The Hall–Kier alpha value is -2.94. The molecule has 1 aromatic carbocycles. The Kier molecular flexibility index (Phi) is 4.66. The third-order valence-electron chi connectivity index (χ3n) is 3.73. The highest BCUT2D eigenvalue weighted by Crippen LogP contribution is 2.42. The van der Waals surface area contributed by atoms with Crippen LogP contribution in [0.5, 0.6) is 5.75 Å². The topological polar surface area (TPSA) is 46.8 Å². The van der Waals surface area contributed by atoms with Crippen LogP contribution in [0.2, 0.25) is 0 Å². The van der Waals surface area contributed by atoms with Crippen LogP contribution in [0.3, 0.4) is 0 Å². The third kappa shape index (κ3) is 3.33. The van der Waals surface area contributed by atoms with Crippen molar-refractivity contribution >= 4 is 28.6 Å². The SMILES string of the molecule is C#CCN1C(=O)C(F)(F)Oc2cc(F)c(N=c3scc(C(F)(F)F)n3C)cc21. The first-order valence-electron chi connectivity index (χ1n) is 7.38. The van der Waals surface area contributed by atoms with Crippen molar-refractivity contribution in [3.63, 3.8) is 0 Å². The second-order valence-corrected chi connectivity index (χ2v) is 6.39. The van der Waals surface area contributed by atoms with Gasteiger partial charge in [0.15, 0.2) is 16.4 Å². The maximum atomic E-state index is 14.3. The molecule has 1 aliphatic rings. The Morgan fingerprint density at radius 3 is 2.61 bits per heavy atom. The lowest BCUT2D eigenvalue weighted by molar-refractivity contribution is -0.192. The molecule has 0 saturated carbocycles. The average molecular weight is 421 g/mol. The number of hydrogen-bond acceptors (Lipinski definition) is 4. The summed E-state index contributed by atoms with van der Waals surface area (Å²) >= 11 is 0.601. The quantitative estimate of drug-likeness (QED) is 0.551. The summed E-state index contributed by atoms with van der Waals surface area (Å²) in [6, 6.07) is 1.47. The van der Waals surface area contributed by atoms with Gasteiger partial charge in [-0.05, 0) is 6.07 Å². The van der Waals surface area contributed by atoms with Gasteiger partial charge in [-0.2, -0.15) is 22.0 Å². The van der Waals surface area contributed by atoms with Gasteiger partial charge in [-0.1, -0.05) is 5.92 Å². The molecule has 0 bridgehead atoms. The number of carbonyl (C=O) groups excluding carboxylic acids is 1. The van der Waals surface area contributed by atoms with Gasteiger partial charge in [0.1, 0.15) is 11.4 Å². The minimum Gasteiger partial charge on any atom is -0.423 e. The van der Waals surface area contributed by atoms with E-state index < -0.39 is 47.7 Å². The van der Waals surface area contributed by atoms with E-state index in [0.29, 0.717) is 26.9 Å². The Morgan fingerprint density at radius 2 is 2.04 bits per heavy atom. The number of rotatable bonds is 2. The molecule has 12 heteroatoms. The van der Waals surface area contributed by atoms with E-state index in [1.165, 1.54) is 0 Å². The van der Waals surface area contributed by atoms with Crippen LogP contribution in [-0.2, 0) is 18.0 Å². The molecule has 1 aliphatic heterocycles. The van der Waals surface area contributed by atoms with Gasteiger partial charge in [0.05, 0.1) is 12.2 Å². The fourth-order valence-electron chi connectivity index (χ4n) is 2.44. The summed E-state index contributed by atoms with van der Waals surface area (Å²) in [5.41, 5.74) is -1.75. The van der Waals surface area contributed by atoms with Crippen LogP contribution in [-0.4, -0.2) is 23.1 Å². The number of thiazole rings is 1. The Bertz CT molecular complexity index is 1060. The molecule has 1 aromatic heterocycles. The van der Waals surface area contributed by atoms with E-state index in [1.807, 2.05) is 5.92 Å². The van der Waals surface area contributed by atoms with Gasteiger partial charge in [0, 0.05) is 18.5 Å². The molecule has 3 rings (SSSR count). The number of halogens is 6. The van der Waals surface area contributed by atoms with Crippen molar-refractivity contribution in [2.45, 2.75) is 12.3 Å². The molecule has 2 aromatic rings. The smallest absolute Gasteiger partial charge is 0.423 e. The van der Waals surface area contributed by atoms with E-state index >= 15 is 0 Å². The summed E-state index contributed by atoms with van der Waals surface area (Å²) in [6.07, 6.45) is -3.79. The number of anilines is 1. The molecule has 0 unspecified atom stereocenters. The predicted molar refractivity (Wildman–Crippen MR) is 86.7 cm³/mol. The molecule has 0 fully saturated rings. The molecule has 0 atom stereocenters. The molecule has 0 spiro atoms. The number of nitrogens with zero attached hydrogens (tertiary/aromatic N) is 3. The summed E-state index contributed by atoms with van der Waals surface area (Å²) in [5.74, 6) is -1.51. The molecule has 1 amide bonds. The van der Waals surface area contributed by atoms with Gasteiger partial charge in [-0.25, -0.2) is 9.38 Å². The van der Waals surface area contributed by atoms with Crippen molar-refractivity contribution in [1.29, 1.82) is 0 Å². The van der Waals surface area contributed by atoms with Crippen molar-refractivity contribution in [3.05, 3.63) is 33.8 Å². The molecule has 28 heavy (non-hydrogen) atoms. The van der Waals surface area contributed by atoms with E-state index in [4.69, 9.17) is 6.42 Å². The van der Waals surface area contributed by atoms with Gasteiger partial charge in [-0.3, -0.25) is 9.69 Å². The van der Waals surface area contributed by atoms with Crippen LogP contribution >= 0.6 is 11.3 Å². The molecule has 0 radical (unpaired) electrons.